The van der Waals surface area contributed by atoms with Crippen molar-refractivity contribution >= 4 is 11.6 Å². The fraction of sp³-hybridized carbons (Fsp3) is 0.150. The van der Waals surface area contributed by atoms with Crippen LogP contribution in [0.4, 0.5) is 0 Å². The van der Waals surface area contributed by atoms with Crippen molar-refractivity contribution in [3.63, 3.8) is 0 Å². The zero-order chi connectivity index (χ0) is 16.1. The second-order valence-electron chi connectivity index (χ2n) is 5.44. The SMILES string of the molecule is O=c1ccc(C(c2ccccc2)c2ccccc2)cn1CCCl. The molecule has 0 bridgehead atoms. The molecule has 0 saturated carbocycles. The maximum absolute atomic E-state index is 12.0. The molecule has 116 valence electrons. The van der Waals surface area contributed by atoms with E-state index in [-0.39, 0.29) is 11.5 Å². The van der Waals surface area contributed by atoms with Crippen LogP contribution in [0, 0.1) is 0 Å². The molecule has 0 N–H and O–H groups in total. The van der Waals surface area contributed by atoms with Gasteiger partial charge in [0, 0.05) is 30.6 Å². The van der Waals surface area contributed by atoms with Gasteiger partial charge in [-0.1, -0.05) is 66.7 Å². The van der Waals surface area contributed by atoms with Crippen molar-refractivity contribution in [2.75, 3.05) is 5.88 Å². The summed E-state index contributed by atoms with van der Waals surface area (Å²) in [6.07, 6.45) is 1.93. The van der Waals surface area contributed by atoms with Gasteiger partial charge < -0.3 is 4.57 Å². The van der Waals surface area contributed by atoms with Crippen molar-refractivity contribution in [1.82, 2.24) is 4.57 Å². The predicted octanol–water partition coefficient (Wildman–Crippen LogP) is 4.27. The Labute approximate surface area is 141 Å². The third-order valence-corrected chi connectivity index (χ3v) is 4.10. The standard InChI is InChI=1S/C20H18ClNO/c21-13-14-22-15-18(11-12-19(22)23)20(16-7-3-1-4-8-16)17-9-5-2-6-10-17/h1-12,15,20H,13-14H2. The molecule has 2 nitrogen and oxygen atoms in total. The Morgan fingerprint density at radius 1 is 0.783 bits per heavy atom. The first-order valence-electron chi connectivity index (χ1n) is 7.66. The van der Waals surface area contributed by atoms with Crippen molar-refractivity contribution in [3.05, 3.63) is 106 Å². The van der Waals surface area contributed by atoms with Crippen LogP contribution in [0.2, 0.25) is 0 Å². The number of halogens is 1. The van der Waals surface area contributed by atoms with Crippen LogP contribution < -0.4 is 5.56 Å². The lowest BCUT2D eigenvalue weighted by atomic mass is 9.86. The molecule has 0 spiro atoms. The molecule has 23 heavy (non-hydrogen) atoms. The minimum atomic E-state index is -0.0192. The normalized spacial score (nSPS) is 10.9. The molecule has 2 aromatic carbocycles. The van der Waals surface area contributed by atoms with Gasteiger partial charge in [-0.05, 0) is 16.7 Å². The van der Waals surface area contributed by atoms with Crippen LogP contribution in [0.1, 0.15) is 22.6 Å². The van der Waals surface area contributed by atoms with E-state index in [1.54, 1.807) is 10.6 Å². The molecule has 0 unspecified atom stereocenters. The van der Waals surface area contributed by atoms with E-state index in [1.807, 2.05) is 48.7 Å². The third-order valence-electron chi connectivity index (χ3n) is 3.93. The number of hydrogen-bond acceptors (Lipinski definition) is 1. The van der Waals surface area contributed by atoms with Crippen LogP contribution in [0.3, 0.4) is 0 Å². The molecule has 0 fully saturated rings. The summed E-state index contributed by atoms with van der Waals surface area (Å²) in [5.41, 5.74) is 3.48. The van der Waals surface area contributed by atoms with E-state index in [1.165, 1.54) is 11.1 Å². The molecule has 0 aliphatic heterocycles. The number of rotatable bonds is 5. The highest BCUT2D eigenvalue weighted by atomic mass is 35.5. The first kappa shape index (κ1) is 15.6. The number of aryl methyl sites for hydroxylation is 1. The van der Waals surface area contributed by atoms with Gasteiger partial charge in [-0.3, -0.25) is 4.79 Å². The number of benzene rings is 2. The lowest BCUT2D eigenvalue weighted by molar-refractivity contribution is 0.719. The van der Waals surface area contributed by atoms with Gasteiger partial charge in [-0.25, -0.2) is 0 Å². The maximum atomic E-state index is 12.0. The highest BCUT2D eigenvalue weighted by Crippen LogP contribution is 2.31. The lowest BCUT2D eigenvalue weighted by Gasteiger charge is -2.19. The monoisotopic (exact) mass is 323 g/mol. The smallest absolute Gasteiger partial charge is 0.250 e. The summed E-state index contributed by atoms with van der Waals surface area (Å²) in [6, 6.07) is 24.2. The van der Waals surface area contributed by atoms with Crippen LogP contribution >= 0.6 is 11.6 Å². The van der Waals surface area contributed by atoms with E-state index < -0.39 is 0 Å². The largest absolute Gasteiger partial charge is 0.314 e. The molecule has 1 aromatic heterocycles. The molecule has 3 rings (SSSR count). The van der Waals surface area contributed by atoms with E-state index in [2.05, 4.69) is 24.3 Å². The Balaban J connectivity index is 2.13. The number of nitrogens with zero attached hydrogens (tertiary/aromatic N) is 1. The molecule has 0 aliphatic rings. The molecular weight excluding hydrogens is 306 g/mol. The van der Waals surface area contributed by atoms with Gasteiger partial charge >= 0.3 is 0 Å². The average molecular weight is 324 g/mol. The quantitative estimate of drug-likeness (QED) is 0.643. The molecule has 0 aliphatic carbocycles. The van der Waals surface area contributed by atoms with Crippen molar-refractivity contribution in [2.24, 2.45) is 0 Å². The number of aromatic nitrogens is 1. The molecule has 1 heterocycles. The van der Waals surface area contributed by atoms with Crippen LogP contribution in [-0.4, -0.2) is 10.4 Å². The first-order valence-corrected chi connectivity index (χ1v) is 8.19. The van der Waals surface area contributed by atoms with Gasteiger partial charge in [0.05, 0.1) is 0 Å². The topological polar surface area (TPSA) is 22.0 Å². The van der Waals surface area contributed by atoms with Crippen LogP contribution in [0.5, 0.6) is 0 Å². The van der Waals surface area contributed by atoms with Crippen LogP contribution in [0.15, 0.2) is 83.8 Å². The highest BCUT2D eigenvalue weighted by Gasteiger charge is 2.17. The van der Waals surface area contributed by atoms with Gasteiger partial charge in [-0.2, -0.15) is 0 Å². The van der Waals surface area contributed by atoms with E-state index in [9.17, 15) is 4.79 Å². The van der Waals surface area contributed by atoms with Crippen molar-refractivity contribution in [1.29, 1.82) is 0 Å². The van der Waals surface area contributed by atoms with Gasteiger partial charge in [0.25, 0.3) is 5.56 Å². The Kier molecular flexibility index (Phi) is 4.94. The van der Waals surface area contributed by atoms with Crippen molar-refractivity contribution < 1.29 is 0 Å². The van der Waals surface area contributed by atoms with Crippen molar-refractivity contribution in [3.8, 4) is 0 Å². The maximum Gasteiger partial charge on any atom is 0.250 e. The zero-order valence-electron chi connectivity index (χ0n) is 12.7. The number of pyridine rings is 1. The summed E-state index contributed by atoms with van der Waals surface area (Å²) in [4.78, 5) is 12.0. The van der Waals surface area contributed by atoms with E-state index >= 15 is 0 Å². The molecule has 0 radical (unpaired) electrons. The van der Waals surface area contributed by atoms with E-state index in [0.29, 0.717) is 12.4 Å². The minimum Gasteiger partial charge on any atom is -0.314 e. The van der Waals surface area contributed by atoms with Crippen LogP contribution in [0.25, 0.3) is 0 Å². The summed E-state index contributed by atoms with van der Waals surface area (Å²) < 4.78 is 1.68. The predicted molar refractivity (Wildman–Crippen MR) is 95.3 cm³/mol. The Morgan fingerprint density at radius 2 is 1.35 bits per heavy atom. The van der Waals surface area contributed by atoms with Crippen molar-refractivity contribution in [2.45, 2.75) is 12.5 Å². The molecular formula is C20H18ClNO. The molecule has 3 aromatic rings. The van der Waals surface area contributed by atoms with Gasteiger partial charge in [0.15, 0.2) is 0 Å². The van der Waals surface area contributed by atoms with E-state index in [4.69, 9.17) is 11.6 Å². The molecule has 0 amide bonds. The highest BCUT2D eigenvalue weighted by molar-refractivity contribution is 6.17. The van der Waals surface area contributed by atoms with Gasteiger partial charge in [0.1, 0.15) is 0 Å². The summed E-state index contributed by atoms with van der Waals surface area (Å²) >= 11 is 5.81. The number of alkyl halides is 1. The minimum absolute atomic E-state index is 0.0192. The Hall–Kier alpha value is -2.32. The summed E-state index contributed by atoms with van der Waals surface area (Å²) in [5, 5.41) is 0. The second kappa shape index (κ2) is 7.30. The fourth-order valence-corrected chi connectivity index (χ4v) is 3.04. The van der Waals surface area contributed by atoms with E-state index in [0.717, 1.165) is 5.56 Å². The summed E-state index contributed by atoms with van der Waals surface area (Å²) in [6.45, 7) is 0.518. The molecule has 3 heteroatoms. The Morgan fingerprint density at radius 3 is 1.87 bits per heavy atom. The fourth-order valence-electron chi connectivity index (χ4n) is 2.85. The first-order chi connectivity index (χ1) is 11.3. The zero-order valence-corrected chi connectivity index (χ0v) is 13.5. The second-order valence-corrected chi connectivity index (χ2v) is 5.82. The third kappa shape index (κ3) is 3.54. The lowest BCUT2D eigenvalue weighted by Crippen LogP contribution is -2.20. The van der Waals surface area contributed by atoms with Gasteiger partial charge in [-0.15, -0.1) is 11.6 Å². The summed E-state index contributed by atoms with van der Waals surface area (Å²) in [5.74, 6) is 0.518. The van der Waals surface area contributed by atoms with Crippen LogP contribution in [-0.2, 0) is 6.54 Å². The molecule has 0 atom stereocenters. The molecule has 0 saturated heterocycles. The average Bonchev–Trinajstić information content (AvgIpc) is 2.60. The summed E-state index contributed by atoms with van der Waals surface area (Å²) in [7, 11) is 0. The van der Waals surface area contributed by atoms with Gasteiger partial charge in [0.2, 0.25) is 0 Å². The Bertz CT molecular complexity index is 772. The number of hydrogen-bond donors (Lipinski definition) is 0.